The Morgan fingerprint density at radius 2 is 2.11 bits per heavy atom. The SMILES string of the molecule is CN1CC(=O)N(CC2CCC(C(=O)NN)O2)CC1=O. The molecule has 2 unspecified atom stereocenters. The molecule has 2 rings (SSSR count). The minimum atomic E-state index is -0.562. The topological polar surface area (TPSA) is 105 Å². The normalized spacial score (nSPS) is 27.9. The van der Waals surface area contributed by atoms with Crippen molar-refractivity contribution in [2.45, 2.75) is 25.0 Å². The second kappa shape index (κ2) is 5.54. The third kappa shape index (κ3) is 3.02. The summed E-state index contributed by atoms with van der Waals surface area (Å²) in [4.78, 5) is 37.5. The summed E-state index contributed by atoms with van der Waals surface area (Å²) in [6.45, 7) is 0.508. The molecule has 0 aromatic carbocycles. The molecule has 0 aromatic heterocycles. The van der Waals surface area contributed by atoms with Crippen molar-refractivity contribution >= 4 is 17.7 Å². The molecule has 2 saturated heterocycles. The van der Waals surface area contributed by atoms with Crippen molar-refractivity contribution in [3.05, 3.63) is 0 Å². The summed E-state index contributed by atoms with van der Waals surface area (Å²) in [6, 6.07) is 0. The van der Waals surface area contributed by atoms with Gasteiger partial charge in [-0.05, 0) is 12.8 Å². The number of carbonyl (C=O) groups is 3. The van der Waals surface area contributed by atoms with Crippen LogP contribution < -0.4 is 11.3 Å². The lowest BCUT2D eigenvalue weighted by atomic mass is 10.1. The summed E-state index contributed by atoms with van der Waals surface area (Å²) in [5, 5.41) is 0. The Bertz CT molecular complexity index is 400. The molecule has 2 aliphatic rings. The second-order valence-corrected chi connectivity index (χ2v) is 4.86. The highest BCUT2D eigenvalue weighted by atomic mass is 16.5. The number of nitrogens with zero attached hydrogens (tertiary/aromatic N) is 2. The van der Waals surface area contributed by atoms with Gasteiger partial charge in [-0.15, -0.1) is 0 Å². The number of likely N-dealkylation sites (N-methyl/N-ethyl adjacent to an activating group) is 1. The van der Waals surface area contributed by atoms with Crippen LogP contribution in [0.2, 0.25) is 0 Å². The lowest BCUT2D eigenvalue weighted by Crippen LogP contribution is -2.54. The third-order valence-corrected chi connectivity index (χ3v) is 3.44. The molecule has 0 saturated carbocycles. The predicted molar refractivity (Wildman–Crippen MR) is 64.4 cm³/mol. The van der Waals surface area contributed by atoms with E-state index in [0.717, 1.165) is 0 Å². The van der Waals surface area contributed by atoms with Crippen LogP contribution in [0.15, 0.2) is 0 Å². The summed E-state index contributed by atoms with van der Waals surface area (Å²) < 4.78 is 5.52. The van der Waals surface area contributed by atoms with Crippen LogP contribution in [0.3, 0.4) is 0 Å². The van der Waals surface area contributed by atoms with Gasteiger partial charge in [0.15, 0.2) is 0 Å². The van der Waals surface area contributed by atoms with E-state index in [1.54, 1.807) is 7.05 Å². The fourth-order valence-electron chi connectivity index (χ4n) is 2.30. The standard InChI is InChI=1S/C11H18N4O4/c1-14-5-10(17)15(6-9(14)16)4-7-2-3-8(19-7)11(18)13-12/h7-8H,2-6,12H2,1H3,(H,13,18). The van der Waals surface area contributed by atoms with E-state index in [2.05, 4.69) is 0 Å². The number of hydrogen-bond acceptors (Lipinski definition) is 5. The average Bonchev–Trinajstić information content (AvgIpc) is 2.83. The second-order valence-electron chi connectivity index (χ2n) is 4.86. The fourth-order valence-corrected chi connectivity index (χ4v) is 2.30. The van der Waals surface area contributed by atoms with E-state index in [9.17, 15) is 14.4 Å². The van der Waals surface area contributed by atoms with E-state index in [-0.39, 0.29) is 36.9 Å². The summed E-state index contributed by atoms with van der Waals surface area (Å²) in [6.07, 6.45) is 0.464. The first kappa shape index (κ1) is 13.8. The third-order valence-electron chi connectivity index (χ3n) is 3.44. The monoisotopic (exact) mass is 270 g/mol. The van der Waals surface area contributed by atoms with E-state index >= 15 is 0 Å². The van der Waals surface area contributed by atoms with Gasteiger partial charge >= 0.3 is 0 Å². The molecule has 2 heterocycles. The molecule has 3 N–H and O–H groups in total. The molecule has 0 spiro atoms. The highest BCUT2D eigenvalue weighted by molar-refractivity contribution is 5.92. The zero-order valence-corrected chi connectivity index (χ0v) is 10.8. The first-order chi connectivity index (χ1) is 9.01. The zero-order chi connectivity index (χ0) is 14.0. The fraction of sp³-hybridized carbons (Fsp3) is 0.727. The molecule has 2 aliphatic heterocycles. The van der Waals surface area contributed by atoms with Gasteiger partial charge in [-0.2, -0.15) is 0 Å². The number of carbonyl (C=O) groups excluding carboxylic acids is 3. The van der Waals surface area contributed by atoms with Gasteiger partial charge in [0.25, 0.3) is 5.91 Å². The zero-order valence-electron chi connectivity index (χ0n) is 10.8. The van der Waals surface area contributed by atoms with Gasteiger partial charge in [-0.1, -0.05) is 0 Å². The minimum Gasteiger partial charge on any atom is -0.363 e. The van der Waals surface area contributed by atoms with Crippen LogP contribution >= 0.6 is 0 Å². The Hall–Kier alpha value is -1.67. The first-order valence-electron chi connectivity index (χ1n) is 6.19. The number of rotatable bonds is 3. The largest absolute Gasteiger partial charge is 0.363 e. The number of hydrogen-bond donors (Lipinski definition) is 2. The highest BCUT2D eigenvalue weighted by Crippen LogP contribution is 2.21. The number of amides is 3. The summed E-state index contributed by atoms with van der Waals surface area (Å²) in [5.41, 5.74) is 2.05. The molecule has 0 radical (unpaired) electrons. The van der Waals surface area contributed by atoms with Crippen molar-refractivity contribution in [3.63, 3.8) is 0 Å². The molecule has 0 aliphatic carbocycles. The van der Waals surface area contributed by atoms with Crippen LogP contribution in [0.25, 0.3) is 0 Å². The van der Waals surface area contributed by atoms with Crippen molar-refractivity contribution < 1.29 is 19.1 Å². The molecule has 19 heavy (non-hydrogen) atoms. The Morgan fingerprint density at radius 3 is 2.79 bits per heavy atom. The molecule has 0 aromatic rings. The molecule has 106 valence electrons. The van der Waals surface area contributed by atoms with Gasteiger partial charge in [-0.3, -0.25) is 19.8 Å². The van der Waals surface area contributed by atoms with Gasteiger partial charge in [-0.25, -0.2) is 5.84 Å². The van der Waals surface area contributed by atoms with Crippen molar-refractivity contribution in [2.24, 2.45) is 5.84 Å². The lowest BCUT2D eigenvalue weighted by Gasteiger charge is -2.33. The Kier molecular flexibility index (Phi) is 4.01. The van der Waals surface area contributed by atoms with Crippen molar-refractivity contribution in [1.82, 2.24) is 15.2 Å². The van der Waals surface area contributed by atoms with Crippen LogP contribution in [0.5, 0.6) is 0 Å². The molecule has 8 heteroatoms. The van der Waals surface area contributed by atoms with Crippen molar-refractivity contribution in [1.29, 1.82) is 0 Å². The van der Waals surface area contributed by atoms with Gasteiger partial charge in [0.05, 0.1) is 19.2 Å². The van der Waals surface area contributed by atoms with Crippen LogP contribution in [-0.2, 0) is 19.1 Å². The highest BCUT2D eigenvalue weighted by Gasteiger charge is 2.34. The maximum Gasteiger partial charge on any atom is 0.263 e. The number of hydrazine groups is 1. The van der Waals surface area contributed by atoms with Gasteiger partial charge in [0.1, 0.15) is 6.10 Å². The summed E-state index contributed by atoms with van der Waals surface area (Å²) >= 11 is 0. The smallest absolute Gasteiger partial charge is 0.263 e. The molecule has 2 fully saturated rings. The number of nitrogens with two attached hydrogens (primary N) is 1. The van der Waals surface area contributed by atoms with Gasteiger partial charge in [0, 0.05) is 13.6 Å². The number of ether oxygens (including phenoxy) is 1. The van der Waals surface area contributed by atoms with Crippen molar-refractivity contribution in [2.75, 3.05) is 26.7 Å². The van der Waals surface area contributed by atoms with Crippen LogP contribution in [0.1, 0.15) is 12.8 Å². The predicted octanol–water partition coefficient (Wildman–Crippen LogP) is -2.18. The van der Waals surface area contributed by atoms with Crippen LogP contribution in [0.4, 0.5) is 0 Å². The summed E-state index contributed by atoms with van der Waals surface area (Å²) in [7, 11) is 1.60. The van der Waals surface area contributed by atoms with Crippen molar-refractivity contribution in [3.8, 4) is 0 Å². The molecular weight excluding hydrogens is 252 g/mol. The number of nitrogens with one attached hydrogen (secondary N) is 1. The molecule has 2 atom stereocenters. The molecule has 3 amide bonds. The average molecular weight is 270 g/mol. The Balaban J connectivity index is 1.87. The maximum atomic E-state index is 11.8. The van der Waals surface area contributed by atoms with E-state index in [1.165, 1.54) is 9.80 Å². The molecular formula is C11H18N4O4. The first-order valence-corrected chi connectivity index (χ1v) is 6.19. The maximum absolute atomic E-state index is 11.8. The van der Waals surface area contributed by atoms with Crippen LogP contribution in [-0.4, -0.2) is 66.4 Å². The van der Waals surface area contributed by atoms with E-state index in [4.69, 9.17) is 10.6 Å². The van der Waals surface area contributed by atoms with Crippen LogP contribution in [0, 0.1) is 0 Å². The molecule has 8 nitrogen and oxygen atoms in total. The minimum absolute atomic E-state index is 0.0724. The van der Waals surface area contributed by atoms with E-state index in [1.807, 2.05) is 5.43 Å². The van der Waals surface area contributed by atoms with Gasteiger partial charge in [0.2, 0.25) is 11.8 Å². The molecule has 0 bridgehead atoms. The van der Waals surface area contributed by atoms with E-state index < -0.39 is 6.10 Å². The lowest BCUT2D eigenvalue weighted by molar-refractivity contribution is -0.150. The van der Waals surface area contributed by atoms with Gasteiger partial charge < -0.3 is 14.5 Å². The van der Waals surface area contributed by atoms with E-state index in [0.29, 0.717) is 19.4 Å². The quantitative estimate of drug-likeness (QED) is 0.345. The summed E-state index contributed by atoms with van der Waals surface area (Å²) in [5.74, 6) is 4.50. The Morgan fingerprint density at radius 1 is 1.37 bits per heavy atom. The number of piperazine rings is 1. The Labute approximate surface area is 110 Å².